The van der Waals surface area contributed by atoms with Crippen molar-refractivity contribution in [1.29, 1.82) is 0 Å². The molecule has 4 rings (SSSR count). The molecular formula is C23H25N3O7. The maximum absolute atomic E-state index is 13.4. The predicted octanol–water partition coefficient (Wildman–Crippen LogP) is 1.78. The fourth-order valence-electron chi connectivity index (χ4n) is 3.91. The summed E-state index contributed by atoms with van der Waals surface area (Å²) in [5, 5.41) is 2.76. The third kappa shape index (κ3) is 4.29. The van der Waals surface area contributed by atoms with E-state index in [0.717, 1.165) is 0 Å². The van der Waals surface area contributed by atoms with Crippen molar-refractivity contribution in [1.82, 2.24) is 4.90 Å². The van der Waals surface area contributed by atoms with Gasteiger partial charge in [0.15, 0.2) is 11.5 Å². The van der Waals surface area contributed by atoms with Crippen LogP contribution in [0.1, 0.15) is 20.7 Å². The van der Waals surface area contributed by atoms with Gasteiger partial charge in [-0.2, -0.15) is 0 Å². The molecule has 2 aliphatic rings. The third-order valence-corrected chi connectivity index (χ3v) is 5.57. The topological polar surface area (TPSA) is 107 Å². The summed E-state index contributed by atoms with van der Waals surface area (Å²) in [4.78, 5) is 41.7. The lowest BCUT2D eigenvalue weighted by molar-refractivity contribution is -0.115. The van der Waals surface area contributed by atoms with Crippen LogP contribution in [-0.2, 0) is 9.53 Å². The molecule has 2 aromatic carbocycles. The number of fused-ring (bicyclic) bond motifs is 1. The Balaban J connectivity index is 1.67. The van der Waals surface area contributed by atoms with Crippen molar-refractivity contribution in [2.24, 2.45) is 0 Å². The van der Waals surface area contributed by atoms with Crippen molar-refractivity contribution in [3.05, 3.63) is 41.5 Å². The first-order chi connectivity index (χ1) is 16.0. The average molecular weight is 455 g/mol. The summed E-state index contributed by atoms with van der Waals surface area (Å²) in [5.74, 6) is 0.0848. The molecule has 0 saturated carbocycles. The minimum absolute atomic E-state index is 0.150. The van der Waals surface area contributed by atoms with Crippen molar-refractivity contribution in [3.8, 4) is 17.2 Å². The van der Waals surface area contributed by atoms with Crippen LogP contribution in [0.15, 0.2) is 30.3 Å². The molecule has 1 saturated heterocycles. The van der Waals surface area contributed by atoms with Gasteiger partial charge in [-0.3, -0.25) is 19.3 Å². The summed E-state index contributed by atoms with van der Waals surface area (Å²) in [5.41, 5.74) is 1.58. The van der Waals surface area contributed by atoms with Crippen LogP contribution in [-0.4, -0.2) is 76.8 Å². The van der Waals surface area contributed by atoms with Gasteiger partial charge in [-0.25, -0.2) is 0 Å². The number of carbonyl (C=O) groups excluding carboxylic acids is 3. The SMILES string of the molecule is COc1cc(C(=O)N2CC(=O)Nc3cc(C(=O)N4CCOCC4)ccc32)cc(OC)c1OC. The standard InChI is InChI=1S/C23H25N3O7/c1-30-18-11-15(12-19(31-2)21(18)32-3)23(29)26-13-20(27)24-16-10-14(4-5-17(16)26)22(28)25-6-8-33-9-7-25/h4-5,10-12H,6-9,13H2,1-3H3,(H,24,27). The lowest BCUT2D eigenvalue weighted by Crippen LogP contribution is -2.43. The number of hydrogen-bond donors (Lipinski definition) is 1. The first-order valence-corrected chi connectivity index (χ1v) is 10.4. The van der Waals surface area contributed by atoms with Crippen molar-refractivity contribution in [2.75, 3.05) is 64.4 Å². The zero-order valence-electron chi connectivity index (χ0n) is 18.7. The highest BCUT2D eigenvalue weighted by Crippen LogP contribution is 2.39. The van der Waals surface area contributed by atoms with Gasteiger partial charge in [0.25, 0.3) is 11.8 Å². The van der Waals surface area contributed by atoms with Crippen molar-refractivity contribution in [3.63, 3.8) is 0 Å². The van der Waals surface area contributed by atoms with Crippen LogP contribution in [0.5, 0.6) is 17.2 Å². The van der Waals surface area contributed by atoms with E-state index in [1.54, 1.807) is 23.1 Å². The van der Waals surface area contributed by atoms with E-state index >= 15 is 0 Å². The summed E-state index contributed by atoms with van der Waals surface area (Å²) in [6.07, 6.45) is 0. The lowest BCUT2D eigenvalue weighted by Gasteiger charge is -2.31. The van der Waals surface area contributed by atoms with Gasteiger partial charge in [0.2, 0.25) is 11.7 Å². The molecular weight excluding hydrogens is 430 g/mol. The molecule has 10 heteroatoms. The molecule has 3 amide bonds. The minimum atomic E-state index is -0.419. The van der Waals surface area contributed by atoms with Crippen LogP contribution in [0.4, 0.5) is 11.4 Å². The van der Waals surface area contributed by atoms with Crippen LogP contribution in [0, 0.1) is 0 Å². The normalized spacial score (nSPS) is 15.4. The van der Waals surface area contributed by atoms with Gasteiger partial charge in [-0.15, -0.1) is 0 Å². The highest BCUT2D eigenvalue weighted by Gasteiger charge is 2.30. The molecule has 1 fully saturated rings. The Morgan fingerprint density at radius 1 is 0.909 bits per heavy atom. The average Bonchev–Trinajstić information content (AvgIpc) is 2.86. The summed E-state index contributed by atoms with van der Waals surface area (Å²) in [6, 6.07) is 7.99. The van der Waals surface area contributed by atoms with Gasteiger partial charge in [-0.1, -0.05) is 0 Å². The quantitative estimate of drug-likeness (QED) is 0.733. The smallest absolute Gasteiger partial charge is 0.259 e. The molecule has 174 valence electrons. The summed E-state index contributed by atoms with van der Waals surface area (Å²) < 4.78 is 21.3. The Kier molecular flexibility index (Phi) is 6.36. The maximum Gasteiger partial charge on any atom is 0.259 e. The van der Waals surface area contributed by atoms with Crippen molar-refractivity contribution >= 4 is 29.1 Å². The van der Waals surface area contributed by atoms with Crippen molar-refractivity contribution < 1.29 is 33.3 Å². The van der Waals surface area contributed by atoms with Gasteiger partial charge >= 0.3 is 0 Å². The Bertz CT molecular complexity index is 1070. The summed E-state index contributed by atoms with van der Waals surface area (Å²) >= 11 is 0. The predicted molar refractivity (Wildman–Crippen MR) is 120 cm³/mol. The zero-order valence-corrected chi connectivity index (χ0v) is 18.7. The molecule has 0 unspecified atom stereocenters. The van der Waals surface area contributed by atoms with Gasteiger partial charge in [0.05, 0.1) is 45.9 Å². The highest BCUT2D eigenvalue weighted by molar-refractivity contribution is 6.16. The molecule has 33 heavy (non-hydrogen) atoms. The van der Waals surface area contributed by atoms with E-state index in [4.69, 9.17) is 18.9 Å². The fourth-order valence-corrected chi connectivity index (χ4v) is 3.91. The fraction of sp³-hybridized carbons (Fsp3) is 0.348. The monoisotopic (exact) mass is 455 g/mol. The molecule has 10 nitrogen and oxygen atoms in total. The van der Waals surface area contributed by atoms with Crippen LogP contribution >= 0.6 is 0 Å². The minimum Gasteiger partial charge on any atom is -0.493 e. The number of anilines is 2. The molecule has 0 atom stereocenters. The number of morpholine rings is 1. The van der Waals surface area contributed by atoms with Gasteiger partial charge in [0.1, 0.15) is 6.54 Å². The summed E-state index contributed by atoms with van der Waals surface area (Å²) in [6.45, 7) is 1.83. The second-order valence-corrected chi connectivity index (χ2v) is 7.49. The largest absolute Gasteiger partial charge is 0.493 e. The van der Waals surface area contributed by atoms with Crippen LogP contribution in [0.25, 0.3) is 0 Å². The Labute approximate surface area is 190 Å². The summed E-state index contributed by atoms with van der Waals surface area (Å²) in [7, 11) is 4.40. The van der Waals surface area contributed by atoms with E-state index in [9.17, 15) is 14.4 Å². The molecule has 0 aromatic heterocycles. The van der Waals surface area contributed by atoms with E-state index < -0.39 is 5.91 Å². The molecule has 0 radical (unpaired) electrons. The first kappa shape index (κ1) is 22.4. The van der Waals surface area contributed by atoms with Gasteiger partial charge in [0, 0.05) is 24.2 Å². The number of ether oxygens (including phenoxy) is 4. The van der Waals surface area contributed by atoms with Gasteiger partial charge < -0.3 is 29.2 Å². The number of amides is 3. The molecule has 0 bridgehead atoms. The second-order valence-electron chi connectivity index (χ2n) is 7.49. The number of rotatable bonds is 5. The number of carbonyl (C=O) groups is 3. The van der Waals surface area contributed by atoms with Crippen LogP contribution in [0.3, 0.4) is 0 Å². The van der Waals surface area contributed by atoms with E-state index in [-0.39, 0.29) is 23.9 Å². The lowest BCUT2D eigenvalue weighted by atomic mass is 10.1. The highest BCUT2D eigenvalue weighted by atomic mass is 16.5. The molecule has 0 aliphatic carbocycles. The van der Waals surface area contributed by atoms with Crippen molar-refractivity contribution in [2.45, 2.75) is 0 Å². The molecule has 0 spiro atoms. The molecule has 2 aromatic rings. The number of benzene rings is 2. The number of methoxy groups -OCH3 is 3. The number of nitrogens with one attached hydrogen (secondary N) is 1. The Morgan fingerprint density at radius 3 is 2.18 bits per heavy atom. The second kappa shape index (κ2) is 9.37. The first-order valence-electron chi connectivity index (χ1n) is 10.4. The van der Waals surface area contributed by atoms with Crippen LogP contribution < -0.4 is 24.4 Å². The third-order valence-electron chi connectivity index (χ3n) is 5.57. The van der Waals surface area contributed by atoms with Crippen LogP contribution in [0.2, 0.25) is 0 Å². The molecule has 2 heterocycles. The molecule has 1 N–H and O–H groups in total. The van der Waals surface area contributed by atoms with E-state index in [0.29, 0.717) is 60.5 Å². The maximum atomic E-state index is 13.4. The van der Waals surface area contributed by atoms with E-state index in [2.05, 4.69) is 5.32 Å². The van der Waals surface area contributed by atoms with E-state index in [1.165, 1.54) is 38.4 Å². The van der Waals surface area contributed by atoms with Gasteiger partial charge in [-0.05, 0) is 30.3 Å². The number of hydrogen-bond acceptors (Lipinski definition) is 7. The molecule has 2 aliphatic heterocycles. The Hall–Kier alpha value is -3.79. The Morgan fingerprint density at radius 2 is 1.58 bits per heavy atom. The van der Waals surface area contributed by atoms with E-state index in [1.807, 2.05) is 0 Å². The zero-order chi connectivity index (χ0) is 23.5. The number of nitrogens with zero attached hydrogens (tertiary/aromatic N) is 2.